The van der Waals surface area contributed by atoms with Crippen LogP contribution in [-0.2, 0) is 20.6 Å². The number of nitrogens with zero attached hydrogens (tertiary/aromatic N) is 2. The molecule has 2 aromatic carbocycles. The van der Waals surface area contributed by atoms with Gasteiger partial charge in [0.15, 0.2) is 0 Å². The first-order valence-corrected chi connectivity index (χ1v) is 13.7. The summed E-state index contributed by atoms with van der Waals surface area (Å²) in [6.07, 6.45) is -4.70. The normalized spacial score (nSPS) is 13.2. The number of aryl methyl sites for hydroxylation is 1. The molecular formula is C26H24ClF4N3O5S. The maximum atomic E-state index is 13.5. The van der Waals surface area contributed by atoms with Gasteiger partial charge in [-0.15, -0.1) is 4.36 Å². The third-order valence-corrected chi connectivity index (χ3v) is 6.95. The van der Waals surface area contributed by atoms with Gasteiger partial charge < -0.3 is 14.8 Å². The SMILES string of the molecule is Cc1nc(F)ccc1Oc1cc(C(F)(F)F)c(Cl)cc1C(=O)Nc1cccc([S@@](C)(=O)=NC(=O)OC(C)(C)C)c1. The van der Waals surface area contributed by atoms with Crippen LogP contribution in [0, 0.1) is 12.9 Å². The van der Waals surface area contributed by atoms with E-state index in [-0.39, 0.29) is 27.6 Å². The van der Waals surface area contributed by atoms with Crippen LogP contribution < -0.4 is 10.1 Å². The van der Waals surface area contributed by atoms with Gasteiger partial charge in [-0.2, -0.15) is 17.6 Å². The molecule has 40 heavy (non-hydrogen) atoms. The molecule has 0 bridgehead atoms. The van der Waals surface area contributed by atoms with Crippen LogP contribution in [0.4, 0.5) is 28.0 Å². The second kappa shape index (κ2) is 11.4. The summed E-state index contributed by atoms with van der Waals surface area (Å²) in [5.74, 6) is -2.38. The number of carbonyl (C=O) groups excluding carboxylic acids is 2. The lowest BCUT2D eigenvalue weighted by atomic mass is 10.1. The number of hydrogen-bond donors (Lipinski definition) is 1. The zero-order chi connectivity index (χ0) is 30.0. The van der Waals surface area contributed by atoms with E-state index in [9.17, 15) is 31.4 Å². The number of carbonyl (C=O) groups is 2. The summed E-state index contributed by atoms with van der Waals surface area (Å²) in [6.45, 7) is 6.23. The molecule has 3 rings (SSSR count). The molecule has 1 aromatic heterocycles. The van der Waals surface area contributed by atoms with Crippen molar-refractivity contribution in [1.29, 1.82) is 0 Å². The van der Waals surface area contributed by atoms with Crippen molar-refractivity contribution in [1.82, 2.24) is 4.98 Å². The van der Waals surface area contributed by atoms with E-state index < -0.39 is 55.8 Å². The van der Waals surface area contributed by atoms with Crippen molar-refractivity contribution in [3.63, 3.8) is 0 Å². The van der Waals surface area contributed by atoms with Gasteiger partial charge in [0, 0.05) is 16.8 Å². The monoisotopic (exact) mass is 601 g/mol. The van der Waals surface area contributed by atoms with Crippen molar-refractivity contribution in [2.75, 3.05) is 11.6 Å². The summed E-state index contributed by atoms with van der Waals surface area (Å²) in [7, 11) is -3.30. The van der Waals surface area contributed by atoms with E-state index >= 15 is 0 Å². The predicted molar refractivity (Wildman–Crippen MR) is 141 cm³/mol. The van der Waals surface area contributed by atoms with E-state index in [0.29, 0.717) is 6.07 Å². The molecule has 0 unspecified atom stereocenters. The maximum Gasteiger partial charge on any atom is 0.442 e. The minimum atomic E-state index is -4.87. The van der Waals surface area contributed by atoms with E-state index in [1.165, 1.54) is 37.4 Å². The Morgan fingerprint density at radius 1 is 1.05 bits per heavy atom. The lowest BCUT2D eigenvalue weighted by Gasteiger charge is -2.18. The van der Waals surface area contributed by atoms with Crippen molar-refractivity contribution >= 4 is 39.0 Å². The number of alkyl halides is 3. The Hall–Kier alpha value is -3.71. The fourth-order valence-corrected chi connectivity index (χ4v) is 4.63. The largest absolute Gasteiger partial charge is 0.455 e. The number of benzene rings is 2. The first-order valence-electron chi connectivity index (χ1n) is 11.4. The van der Waals surface area contributed by atoms with Gasteiger partial charge in [-0.25, -0.2) is 14.0 Å². The molecule has 0 saturated heterocycles. The molecule has 1 N–H and O–H groups in total. The predicted octanol–water partition coefficient (Wildman–Crippen LogP) is 7.64. The molecule has 14 heteroatoms. The standard InChI is InChI=1S/C26H24ClF4N3O5S/c1-14-20(9-10-22(28)32-14)38-21-13-18(26(29,30)31)19(27)12-17(21)23(35)33-15-7-6-8-16(11-15)40(5,37)34-24(36)39-25(2,3)4/h6-13H,1-5H3,(H,33,35)/t40-/m1/s1. The Labute approximate surface area is 232 Å². The third-order valence-electron chi connectivity index (χ3n) is 5.01. The van der Waals surface area contributed by atoms with Crippen LogP contribution in [0.5, 0.6) is 11.5 Å². The minimum absolute atomic E-state index is 0.0222. The second-order valence-electron chi connectivity index (χ2n) is 9.50. The van der Waals surface area contributed by atoms with Crippen molar-refractivity contribution in [2.24, 2.45) is 4.36 Å². The Balaban J connectivity index is 2.00. The second-order valence-corrected chi connectivity index (χ2v) is 12.2. The molecule has 0 spiro atoms. The van der Waals surface area contributed by atoms with Gasteiger partial charge in [-0.3, -0.25) is 4.79 Å². The van der Waals surface area contributed by atoms with Gasteiger partial charge in [0.25, 0.3) is 5.91 Å². The molecule has 0 saturated carbocycles. The molecule has 2 amide bonds. The quantitative estimate of drug-likeness (QED) is 0.238. The van der Waals surface area contributed by atoms with Crippen molar-refractivity contribution in [3.8, 4) is 11.5 Å². The molecule has 0 aliphatic carbocycles. The summed E-state index contributed by atoms with van der Waals surface area (Å²) in [5.41, 5.74) is -2.41. The topological polar surface area (TPSA) is 107 Å². The molecule has 0 fully saturated rings. The first kappa shape index (κ1) is 30.8. The summed E-state index contributed by atoms with van der Waals surface area (Å²) in [4.78, 5) is 28.9. The molecule has 214 valence electrons. The molecule has 1 atom stereocenters. The Bertz CT molecular complexity index is 1600. The number of halogens is 5. The highest BCUT2D eigenvalue weighted by molar-refractivity contribution is 7.93. The summed E-state index contributed by atoms with van der Waals surface area (Å²) >= 11 is 5.86. The molecular weight excluding hydrogens is 578 g/mol. The molecule has 3 aromatic rings. The van der Waals surface area contributed by atoms with Gasteiger partial charge in [0.1, 0.15) is 17.1 Å². The number of pyridine rings is 1. The van der Waals surface area contributed by atoms with E-state index in [0.717, 1.165) is 18.2 Å². The van der Waals surface area contributed by atoms with Crippen molar-refractivity contribution in [3.05, 3.63) is 76.3 Å². The van der Waals surface area contributed by atoms with Crippen LogP contribution in [-0.4, -0.2) is 33.1 Å². The number of anilines is 1. The highest BCUT2D eigenvalue weighted by Gasteiger charge is 2.35. The molecule has 1 heterocycles. The van der Waals surface area contributed by atoms with E-state index in [1.807, 2.05) is 0 Å². The smallest absolute Gasteiger partial charge is 0.442 e. The Morgan fingerprint density at radius 2 is 1.73 bits per heavy atom. The number of aromatic nitrogens is 1. The highest BCUT2D eigenvalue weighted by atomic mass is 35.5. The zero-order valence-corrected chi connectivity index (χ0v) is 23.4. The van der Waals surface area contributed by atoms with E-state index in [2.05, 4.69) is 14.7 Å². The zero-order valence-electron chi connectivity index (χ0n) is 21.9. The van der Waals surface area contributed by atoms with Gasteiger partial charge in [-0.05, 0) is 70.2 Å². The summed E-state index contributed by atoms with van der Waals surface area (Å²) in [6, 6.07) is 8.98. The third kappa shape index (κ3) is 7.92. The van der Waals surface area contributed by atoms with Gasteiger partial charge in [0.05, 0.1) is 31.6 Å². The fourth-order valence-electron chi connectivity index (χ4n) is 3.26. The lowest BCUT2D eigenvalue weighted by molar-refractivity contribution is -0.137. The van der Waals surface area contributed by atoms with E-state index in [1.54, 1.807) is 20.8 Å². The first-order chi connectivity index (χ1) is 18.4. The van der Waals surface area contributed by atoms with Gasteiger partial charge >= 0.3 is 12.3 Å². The van der Waals surface area contributed by atoms with Crippen LogP contribution >= 0.6 is 11.6 Å². The highest BCUT2D eigenvalue weighted by Crippen LogP contribution is 2.40. The van der Waals surface area contributed by atoms with E-state index in [4.69, 9.17) is 21.1 Å². The lowest BCUT2D eigenvalue weighted by Crippen LogP contribution is -2.22. The van der Waals surface area contributed by atoms with Crippen LogP contribution in [0.25, 0.3) is 0 Å². The van der Waals surface area contributed by atoms with Crippen molar-refractivity contribution in [2.45, 2.75) is 44.4 Å². The number of nitrogens with one attached hydrogen (secondary N) is 1. The van der Waals surface area contributed by atoms with Crippen LogP contribution in [0.2, 0.25) is 5.02 Å². The number of ether oxygens (including phenoxy) is 2. The number of rotatable bonds is 5. The van der Waals surface area contributed by atoms with Crippen molar-refractivity contribution < 1.29 is 40.8 Å². The van der Waals surface area contributed by atoms with Crippen LogP contribution in [0.15, 0.2) is 57.8 Å². The van der Waals surface area contributed by atoms with Gasteiger partial charge in [-0.1, -0.05) is 17.7 Å². The minimum Gasteiger partial charge on any atom is -0.455 e. The molecule has 0 aliphatic heterocycles. The van der Waals surface area contributed by atoms with Crippen LogP contribution in [0.1, 0.15) is 42.4 Å². The molecule has 8 nitrogen and oxygen atoms in total. The Morgan fingerprint density at radius 3 is 2.33 bits per heavy atom. The van der Waals surface area contributed by atoms with Crippen LogP contribution in [0.3, 0.4) is 0 Å². The number of hydrogen-bond acceptors (Lipinski definition) is 6. The summed E-state index contributed by atoms with van der Waals surface area (Å²) in [5, 5.41) is 1.72. The average Bonchev–Trinajstić information content (AvgIpc) is 2.79. The molecule has 0 radical (unpaired) electrons. The average molecular weight is 602 g/mol. The fraction of sp³-hybridized carbons (Fsp3) is 0.269. The maximum absolute atomic E-state index is 13.5. The molecule has 0 aliphatic rings. The number of amides is 2. The Kier molecular flexibility index (Phi) is 8.80. The summed E-state index contributed by atoms with van der Waals surface area (Å²) < 4.78 is 81.4. The van der Waals surface area contributed by atoms with Gasteiger partial charge in [0.2, 0.25) is 5.95 Å².